The molecule has 3 N–H and O–H groups in total. The second-order valence-corrected chi connectivity index (χ2v) is 31.6. The van der Waals surface area contributed by atoms with Crippen molar-refractivity contribution in [3.8, 4) is 0 Å². The highest BCUT2D eigenvalue weighted by Crippen LogP contribution is 2.45. The lowest BCUT2D eigenvalue weighted by molar-refractivity contribution is -0.161. The van der Waals surface area contributed by atoms with Gasteiger partial charge in [-0.15, -0.1) is 0 Å². The number of phosphoric acid groups is 2. The van der Waals surface area contributed by atoms with Gasteiger partial charge in [-0.1, -0.05) is 369 Å². The lowest BCUT2D eigenvalue weighted by Crippen LogP contribution is -2.30. The average molecular weight is 1440 g/mol. The number of carbonyl (C=O) groups is 4. The SMILES string of the molecule is CCCCCCCCCCCCCCCCCCCCCC(=O)O[C@H](COC(=O)CCCCCCCCCCCCCCCCCCCC)COP(=O)(O)OC[C@@H](O)COP(=O)(O)OC[C@@H](COC(=O)CCCCCCCCC(C)CC)OC(=O)CCCCCCCCCCCCC. The summed E-state index contributed by atoms with van der Waals surface area (Å²) in [5.74, 6) is -1.38. The molecular weight excluding hydrogens is 1280 g/mol. The first-order valence-electron chi connectivity index (χ1n) is 41.2. The molecule has 0 saturated heterocycles. The topological polar surface area (TPSA) is 237 Å². The normalized spacial score (nSPS) is 14.2. The molecule has 0 saturated carbocycles. The molecule has 0 aromatic rings. The molecule has 0 aliphatic heterocycles. The first kappa shape index (κ1) is 96.1. The molecule has 6 atom stereocenters. The van der Waals surface area contributed by atoms with Crippen LogP contribution in [0.5, 0.6) is 0 Å². The van der Waals surface area contributed by atoms with Crippen LogP contribution in [0, 0.1) is 5.92 Å². The number of unbranched alkanes of at least 4 members (excludes halogenated alkanes) is 50. The standard InChI is InChI=1S/C79H154O17P2/c1-6-10-13-16-19-22-25-27-29-31-33-35-37-39-42-45-48-55-60-65-79(84)95-74(68-89-76(81)62-57-52-46-43-41-38-36-34-32-30-28-26-23-20-17-14-11-7-2)70-93-97(85,86)91-66-73(80)67-92-98(87,88)94-71-75(69-90-77(82)63-58-53-50-49-51-56-61-72(5)9-4)96-78(83)64-59-54-47-44-40-24-21-18-15-12-8-3/h72-75,80H,6-71H2,1-5H3,(H,85,86)(H,87,88)/t72?,73-,74-,75-/m1/s1. The van der Waals surface area contributed by atoms with Crippen molar-refractivity contribution in [2.75, 3.05) is 39.6 Å². The maximum Gasteiger partial charge on any atom is 0.472 e. The van der Waals surface area contributed by atoms with Crippen LogP contribution >= 0.6 is 15.6 Å². The number of aliphatic hydroxyl groups excluding tert-OH is 1. The van der Waals surface area contributed by atoms with Crippen LogP contribution in [0.15, 0.2) is 0 Å². The van der Waals surface area contributed by atoms with E-state index in [1.807, 2.05) is 0 Å². The molecule has 582 valence electrons. The van der Waals surface area contributed by atoms with Gasteiger partial charge in [0.25, 0.3) is 0 Å². The van der Waals surface area contributed by atoms with Gasteiger partial charge in [0.15, 0.2) is 12.2 Å². The molecule has 0 aliphatic carbocycles. The van der Waals surface area contributed by atoms with E-state index in [1.54, 1.807) is 0 Å². The van der Waals surface area contributed by atoms with Crippen molar-refractivity contribution < 1.29 is 80.2 Å². The van der Waals surface area contributed by atoms with Crippen LogP contribution in [0.2, 0.25) is 0 Å². The molecule has 0 fully saturated rings. The lowest BCUT2D eigenvalue weighted by Gasteiger charge is -2.21. The largest absolute Gasteiger partial charge is 0.472 e. The minimum Gasteiger partial charge on any atom is -0.462 e. The van der Waals surface area contributed by atoms with Gasteiger partial charge >= 0.3 is 39.5 Å². The molecule has 0 spiro atoms. The van der Waals surface area contributed by atoms with E-state index in [1.165, 1.54) is 238 Å². The van der Waals surface area contributed by atoms with Gasteiger partial charge in [-0.25, -0.2) is 9.13 Å². The Morgan fingerprint density at radius 3 is 0.724 bits per heavy atom. The van der Waals surface area contributed by atoms with Gasteiger partial charge in [-0.3, -0.25) is 37.3 Å². The summed E-state index contributed by atoms with van der Waals surface area (Å²) < 4.78 is 68.6. The smallest absolute Gasteiger partial charge is 0.462 e. The predicted octanol–water partition coefficient (Wildman–Crippen LogP) is 23.6. The van der Waals surface area contributed by atoms with Crippen LogP contribution in [-0.4, -0.2) is 96.7 Å². The number of phosphoric ester groups is 2. The zero-order chi connectivity index (χ0) is 71.9. The number of rotatable bonds is 79. The molecule has 0 heterocycles. The number of ether oxygens (including phenoxy) is 4. The molecule has 17 nitrogen and oxygen atoms in total. The summed E-state index contributed by atoms with van der Waals surface area (Å²) in [5, 5.41) is 10.6. The Hall–Kier alpha value is -1.94. The molecule has 0 amide bonds. The molecule has 0 aromatic heterocycles. The molecular formula is C79H154O17P2. The highest BCUT2D eigenvalue weighted by Gasteiger charge is 2.30. The van der Waals surface area contributed by atoms with Crippen molar-refractivity contribution >= 4 is 39.5 Å². The summed E-state index contributed by atoms with van der Waals surface area (Å²) in [6.07, 6.45) is 62.5. The third kappa shape index (κ3) is 71.1. The van der Waals surface area contributed by atoms with E-state index in [-0.39, 0.29) is 25.7 Å². The predicted molar refractivity (Wildman–Crippen MR) is 400 cm³/mol. The number of hydrogen-bond acceptors (Lipinski definition) is 15. The first-order chi connectivity index (χ1) is 47.6. The number of carbonyl (C=O) groups excluding carboxylic acids is 4. The van der Waals surface area contributed by atoms with Gasteiger partial charge in [0.1, 0.15) is 19.3 Å². The number of hydrogen-bond donors (Lipinski definition) is 3. The first-order valence-corrected chi connectivity index (χ1v) is 44.2. The van der Waals surface area contributed by atoms with Crippen molar-refractivity contribution in [3.63, 3.8) is 0 Å². The third-order valence-corrected chi connectivity index (χ3v) is 20.8. The Kier molecular flexibility index (Phi) is 70.6. The zero-order valence-electron chi connectivity index (χ0n) is 63.9. The lowest BCUT2D eigenvalue weighted by atomic mass is 10.00. The van der Waals surface area contributed by atoms with E-state index in [2.05, 4.69) is 34.6 Å². The molecule has 0 rings (SSSR count). The summed E-state index contributed by atoms with van der Waals surface area (Å²) in [6.45, 7) is 7.27. The Morgan fingerprint density at radius 1 is 0.286 bits per heavy atom. The molecule has 0 bridgehead atoms. The number of esters is 4. The summed E-state index contributed by atoms with van der Waals surface area (Å²) in [6, 6.07) is 0. The van der Waals surface area contributed by atoms with E-state index in [0.717, 1.165) is 102 Å². The highest BCUT2D eigenvalue weighted by molar-refractivity contribution is 7.47. The van der Waals surface area contributed by atoms with Crippen molar-refractivity contribution in [1.29, 1.82) is 0 Å². The van der Waals surface area contributed by atoms with Crippen LogP contribution in [0.4, 0.5) is 0 Å². The Bertz CT molecular complexity index is 1880. The monoisotopic (exact) mass is 1440 g/mol. The highest BCUT2D eigenvalue weighted by atomic mass is 31.2. The van der Waals surface area contributed by atoms with Crippen molar-refractivity contribution in [2.24, 2.45) is 5.92 Å². The van der Waals surface area contributed by atoms with Crippen molar-refractivity contribution in [2.45, 2.75) is 438 Å². The van der Waals surface area contributed by atoms with E-state index in [9.17, 15) is 43.2 Å². The minimum atomic E-state index is -4.96. The third-order valence-electron chi connectivity index (χ3n) is 18.9. The summed E-state index contributed by atoms with van der Waals surface area (Å²) in [7, 11) is -9.91. The quantitative estimate of drug-likeness (QED) is 0.0222. The summed E-state index contributed by atoms with van der Waals surface area (Å²) >= 11 is 0. The second kappa shape index (κ2) is 72.0. The Labute approximate surface area is 600 Å². The van der Waals surface area contributed by atoms with Gasteiger partial charge in [-0.05, 0) is 31.6 Å². The fraction of sp³-hybridized carbons (Fsp3) is 0.949. The van der Waals surface area contributed by atoms with E-state index >= 15 is 0 Å². The molecule has 19 heteroatoms. The number of aliphatic hydroxyl groups is 1. The van der Waals surface area contributed by atoms with E-state index < -0.39 is 97.5 Å². The van der Waals surface area contributed by atoms with Gasteiger partial charge < -0.3 is 33.8 Å². The second-order valence-electron chi connectivity index (χ2n) is 28.7. The van der Waals surface area contributed by atoms with Crippen molar-refractivity contribution in [1.82, 2.24) is 0 Å². The molecule has 0 aliphatic rings. The van der Waals surface area contributed by atoms with Gasteiger partial charge in [0.05, 0.1) is 26.4 Å². The van der Waals surface area contributed by atoms with Crippen LogP contribution in [0.25, 0.3) is 0 Å². The Morgan fingerprint density at radius 2 is 0.490 bits per heavy atom. The summed E-state index contributed by atoms with van der Waals surface area (Å²) in [4.78, 5) is 72.9. The average Bonchev–Trinajstić information content (AvgIpc) is 1.95. The Balaban J connectivity index is 5.22. The van der Waals surface area contributed by atoms with Crippen LogP contribution < -0.4 is 0 Å². The van der Waals surface area contributed by atoms with Crippen LogP contribution in [0.1, 0.15) is 420 Å². The molecule has 0 aromatic carbocycles. The van der Waals surface area contributed by atoms with Gasteiger partial charge in [0, 0.05) is 25.7 Å². The van der Waals surface area contributed by atoms with E-state index in [0.29, 0.717) is 25.7 Å². The maximum absolute atomic E-state index is 13.1. The minimum absolute atomic E-state index is 0.106. The summed E-state index contributed by atoms with van der Waals surface area (Å²) in [5.41, 5.74) is 0. The van der Waals surface area contributed by atoms with Gasteiger partial charge in [-0.2, -0.15) is 0 Å². The molecule has 98 heavy (non-hydrogen) atoms. The van der Waals surface area contributed by atoms with E-state index in [4.69, 9.17) is 37.0 Å². The zero-order valence-corrected chi connectivity index (χ0v) is 65.7. The molecule has 3 unspecified atom stereocenters. The fourth-order valence-electron chi connectivity index (χ4n) is 12.2. The van der Waals surface area contributed by atoms with Crippen LogP contribution in [-0.2, 0) is 65.4 Å². The fourth-order valence-corrected chi connectivity index (χ4v) is 13.8. The van der Waals surface area contributed by atoms with Crippen molar-refractivity contribution in [3.05, 3.63) is 0 Å². The molecule has 0 radical (unpaired) electrons. The van der Waals surface area contributed by atoms with Crippen LogP contribution in [0.3, 0.4) is 0 Å². The maximum atomic E-state index is 13.1. The van der Waals surface area contributed by atoms with Gasteiger partial charge in [0.2, 0.25) is 0 Å².